The molecule has 2 N–H and O–H groups in total. The number of carbonyl (C=O) groups is 2. The van der Waals surface area contributed by atoms with Crippen LogP contribution in [-0.4, -0.2) is 42.9 Å². The fourth-order valence-electron chi connectivity index (χ4n) is 2.21. The quantitative estimate of drug-likeness (QED) is 0.763. The summed E-state index contributed by atoms with van der Waals surface area (Å²) in [5, 5.41) is 6.01. The summed E-state index contributed by atoms with van der Waals surface area (Å²) in [5.41, 5.74) is 1.90. The number of anilines is 1. The lowest BCUT2D eigenvalue weighted by molar-refractivity contribution is -0.134. The van der Waals surface area contributed by atoms with Gasteiger partial charge in [0.15, 0.2) is 0 Å². The van der Waals surface area contributed by atoms with E-state index in [-0.39, 0.29) is 36.8 Å². The van der Waals surface area contributed by atoms with E-state index in [1.165, 1.54) is 4.90 Å². The van der Waals surface area contributed by atoms with Crippen molar-refractivity contribution in [2.45, 2.75) is 39.7 Å². The van der Waals surface area contributed by atoms with E-state index in [9.17, 15) is 9.59 Å². The van der Waals surface area contributed by atoms with Gasteiger partial charge in [-0.3, -0.25) is 9.59 Å². The van der Waals surface area contributed by atoms with Gasteiger partial charge in [-0.05, 0) is 37.9 Å². The summed E-state index contributed by atoms with van der Waals surface area (Å²) in [7, 11) is 1.65. The fourth-order valence-corrected chi connectivity index (χ4v) is 2.21. The molecular weight excluding hydrogens is 314 g/mol. The van der Waals surface area contributed by atoms with Crippen molar-refractivity contribution in [2.75, 3.05) is 25.5 Å². The second-order valence-corrected chi connectivity index (χ2v) is 5.43. The molecule has 0 saturated heterocycles. The number of carbonyl (C=O) groups excluding carboxylic acids is 2. The highest BCUT2D eigenvalue weighted by atomic mass is 35.5. The Kier molecular flexibility index (Phi) is 10.3. The molecule has 130 valence electrons. The molecule has 23 heavy (non-hydrogen) atoms. The number of nitrogens with zero attached hydrogens (tertiary/aromatic N) is 1. The summed E-state index contributed by atoms with van der Waals surface area (Å²) in [5.74, 6) is -0.258. The maximum Gasteiger partial charge on any atom is 0.243 e. The normalized spacial score (nSPS) is 11.3. The van der Waals surface area contributed by atoms with Crippen molar-refractivity contribution in [2.24, 2.45) is 0 Å². The first kappa shape index (κ1) is 21.4. The first-order chi connectivity index (χ1) is 10.5. The summed E-state index contributed by atoms with van der Waals surface area (Å²) in [6, 6.07) is 7.43. The van der Waals surface area contributed by atoms with Gasteiger partial charge in [-0.15, -0.1) is 12.4 Å². The van der Waals surface area contributed by atoms with Crippen LogP contribution in [0.4, 0.5) is 5.69 Å². The van der Waals surface area contributed by atoms with Crippen molar-refractivity contribution in [3.8, 4) is 0 Å². The molecule has 1 aromatic rings. The minimum atomic E-state index is -0.277. The Morgan fingerprint density at radius 2 is 1.87 bits per heavy atom. The maximum absolute atomic E-state index is 12.1. The molecular formula is C17H28ClN3O2. The fraction of sp³-hybridized carbons (Fsp3) is 0.529. The minimum Gasteiger partial charge on any atom is -0.335 e. The van der Waals surface area contributed by atoms with Crippen LogP contribution in [0.2, 0.25) is 0 Å². The highest BCUT2D eigenvalue weighted by Crippen LogP contribution is 2.15. The van der Waals surface area contributed by atoms with E-state index in [1.54, 1.807) is 7.05 Å². The Morgan fingerprint density at radius 3 is 2.48 bits per heavy atom. The number of aryl methyl sites for hydroxylation is 1. The predicted octanol–water partition coefficient (Wildman–Crippen LogP) is 2.46. The zero-order valence-corrected chi connectivity index (χ0v) is 15.2. The molecule has 6 heteroatoms. The molecule has 0 aliphatic heterocycles. The third kappa shape index (κ3) is 7.01. The molecule has 1 atom stereocenters. The van der Waals surface area contributed by atoms with Crippen molar-refractivity contribution >= 4 is 29.9 Å². The van der Waals surface area contributed by atoms with Gasteiger partial charge in [0.2, 0.25) is 11.8 Å². The van der Waals surface area contributed by atoms with Crippen molar-refractivity contribution in [1.82, 2.24) is 10.2 Å². The zero-order valence-electron chi connectivity index (χ0n) is 14.4. The Bertz CT molecular complexity index is 508. The van der Waals surface area contributed by atoms with Gasteiger partial charge in [0.25, 0.3) is 0 Å². The molecule has 0 radical (unpaired) electrons. The van der Waals surface area contributed by atoms with E-state index in [0.29, 0.717) is 0 Å². The van der Waals surface area contributed by atoms with E-state index in [1.807, 2.05) is 45.0 Å². The molecule has 0 bridgehead atoms. The van der Waals surface area contributed by atoms with Crippen LogP contribution >= 0.6 is 12.4 Å². The number of likely N-dealkylation sites (N-methyl/N-ethyl adjacent to an activating group) is 1. The van der Waals surface area contributed by atoms with Crippen LogP contribution in [-0.2, 0) is 16.0 Å². The molecule has 1 rings (SSSR count). The number of rotatable bonds is 8. The second kappa shape index (κ2) is 11.0. The molecule has 0 aromatic heterocycles. The summed E-state index contributed by atoms with van der Waals surface area (Å²) >= 11 is 0. The zero-order chi connectivity index (χ0) is 16.5. The number of halogens is 1. The molecule has 5 nitrogen and oxygen atoms in total. The first-order valence-corrected chi connectivity index (χ1v) is 7.85. The molecule has 0 aliphatic carbocycles. The molecule has 1 aromatic carbocycles. The predicted molar refractivity (Wildman–Crippen MR) is 97.1 cm³/mol. The highest BCUT2D eigenvalue weighted by molar-refractivity contribution is 5.95. The van der Waals surface area contributed by atoms with E-state index in [0.717, 1.165) is 30.6 Å². The average molecular weight is 342 g/mol. The second-order valence-electron chi connectivity index (χ2n) is 5.43. The van der Waals surface area contributed by atoms with Crippen molar-refractivity contribution in [3.63, 3.8) is 0 Å². The number of amides is 2. The SMILES string of the molecule is CCCNC(C)C(=O)N(C)CC(=O)Nc1ccccc1CC.Cl. The lowest BCUT2D eigenvalue weighted by Gasteiger charge is -2.22. The van der Waals surface area contributed by atoms with Crippen LogP contribution < -0.4 is 10.6 Å². The molecule has 0 fully saturated rings. The van der Waals surface area contributed by atoms with Crippen molar-refractivity contribution < 1.29 is 9.59 Å². The van der Waals surface area contributed by atoms with Crippen LogP contribution in [0.25, 0.3) is 0 Å². The number of hydrogen-bond acceptors (Lipinski definition) is 3. The van der Waals surface area contributed by atoms with E-state index >= 15 is 0 Å². The number of benzene rings is 1. The maximum atomic E-state index is 12.1. The first-order valence-electron chi connectivity index (χ1n) is 7.85. The van der Waals surface area contributed by atoms with Gasteiger partial charge >= 0.3 is 0 Å². The summed E-state index contributed by atoms with van der Waals surface area (Å²) in [4.78, 5) is 25.7. The van der Waals surface area contributed by atoms with Gasteiger partial charge in [-0.25, -0.2) is 0 Å². The summed E-state index contributed by atoms with van der Waals surface area (Å²) in [6.07, 6.45) is 1.82. The number of para-hydroxylation sites is 1. The number of hydrogen-bond donors (Lipinski definition) is 2. The summed E-state index contributed by atoms with van der Waals surface area (Å²) in [6.45, 7) is 6.75. The van der Waals surface area contributed by atoms with E-state index < -0.39 is 0 Å². The molecule has 1 unspecified atom stereocenters. The van der Waals surface area contributed by atoms with Crippen LogP contribution in [0.1, 0.15) is 32.8 Å². The van der Waals surface area contributed by atoms with Crippen LogP contribution in [0.5, 0.6) is 0 Å². The molecule has 0 aliphatic rings. The van der Waals surface area contributed by atoms with E-state index in [2.05, 4.69) is 10.6 Å². The monoisotopic (exact) mass is 341 g/mol. The van der Waals surface area contributed by atoms with Gasteiger partial charge in [0.05, 0.1) is 12.6 Å². The molecule has 0 saturated carbocycles. The summed E-state index contributed by atoms with van der Waals surface area (Å²) < 4.78 is 0. The third-order valence-corrected chi connectivity index (χ3v) is 3.50. The van der Waals surface area contributed by atoms with Gasteiger partial charge in [0, 0.05) is 12.7 Å². The minimum absolute atomic E-state index is 0. The van der Waals surface area contributed by atoms with Crippen LogP contribution in [0, 0.1) is 0 Å². The Morgan fingerprint density at radius 1 is 1.22 bits per heavy atom. The van der Waals surface area contributed by atoms with Crippen molar-refractivity contribution in [3.05, 3.63) is 29.8 Å². The van der Waals surface area contributed by atoms with E-state index in [4.69, 9.17) is 0 Å². The number of nitrogens with one attached hydrogen (secondary N) is 2. The van der Waals surface area contributed by atoms with Crippen molar-refractivity contribution in [1.29, 1.82) is 0 Å². The lowest BCUT2D eigenvalue weighted by atomic mass is 10.1. The Hall–Kier alpha value is -1.59. The lowest BCUT2D eigenvalue weighted by Crippen LogP contribution is -2.45. The Labute approximate surface area is 145 Å². The van der Waals surface area contributed by atoms with Gasteiger partial charge in [-0.1, -0.05) is 32.0 Å². The van der Waals surface area contributed by atoms with Crippen LogP contribution in [0.3, 0.4) is 0 Å². The van der Waals surface area contributed by atoms with Gasteiger partial charge < -0.3 is 15.5 Å². The van der Waals surface area contributed by atoms with Crippen LogP contribution in [0.15, 0.2) is 24.3 Å². The topological polar surface area (TPSA) is 61.4 Å². The largest absolute Gasteiger partial charge is 0.335 e. The smallest absolute Gasteiger partial charge is 0.243 e. The third-order valence-electron chi connectivity index (χ3n) is 3.50. The standard InChI is InChI=1S/C17H27N3O2.ClH/c1-5-11-18-13(3)17(22)20(4)12-16(21)19-15-10-8-7-9-14(15)6-2;/h7-10,13,18H,5-6,11-12H2,1-4H3,(H,19,21);1H. The average Bonchev–Trinajstić information content (AvgIpc) is 2.52. The molecule has 0 spiro atoms. The van der Waals surface area contributed by atoms with Gasteiger partial charge in [0.1, 0.15) is 0 Å². The van der Waals surface area contributed by atoms with Gasteiger partial charge in [-0.2, -0.15) is 0 Å². The molecule has 0 heterocycles. The Balaban J connectivity index is 0.00000484. The highest BCUT2D eigenvalue weighted by Gasteiger charge is 2.19. The molecule has 2 amide bonds.